The van der Waals surface area contributed by atoms with Crippen LogP contribution in [0.1, 0.15) is 31.4 Å². The van der Waals surface area contributed by atoms with Gasteiger partial charge in [-0.3, -0.25) is 0 Å². The molecule has 0 heterocycles. The number of hydrogen-bond acceptors (Lipinski definition) is 3. The van der Waals surface area contributed by atoms with E-state index < -0.39 is 10.2 Å². The highest BCUT2D eigenvalue weighted by Gasteiger charge is 2.35. The Labute approximate surface area is 134 Å². The van der Waals surface area contributed by atoms with Crippen LogP contribution >= 0.6 is 0 Å². The molecule has 22 heavy (non-hydrogen) atoms. The molecular formula is C16H27N3O2S. The smallest absolute Gasteiger partial charge is 0.279 e. The number of rotatable bonds is 8. The standard InChI is InChI=1S/C16H27N3O2S/c1-13(14-10-11-14)19(4)22(20,21)17-12-16(18(2)3)15-8-6-5-7-9-15/h5-9,13-14,16-17H,10-12H2,1-4H3/t13-,16-/m0/s1. The molecule has 2 atom stereocenters. The van der Waals surface area contributed by atoms with Gasteiger partial charge in [-0.2, -0.15) is 12.7 Å². The number of likely N-dealkylation sites (N-methyl/N-ethyl adjacent to an activating group) is 1. The molecule has 6 heteroatoms. The molecule has 0 unspecified atom stereocenters. The fourth-order valence-electron chi connectivity index (χ4n) is 2.65. The summed E-state index contributed by atoms with van der Waals surface area (Å²) in [5.41, 5.74) is 1.10. The fourth-order valence-corrected chi connectivity index (χ4v) is 3.84. The molecule has 1 aromatic carbocycles. The van der Waals surface area contributed by atoms with Gasteiger partial charge in [0.2, 0.25) is 0 Å². The van der Waals surface area contributed by atoms with Crippen molar-refractivity contribution in [2.45, 2.75) is 31.8 Å². The highest BCUT2D eigenvalue weighted by Crippen LogP contribution is 2.35. The van der Waals surface area contributed by atoms with E-state index in [9.17, 15) is 8.42 Å². The van der Waals surface area contributed by atoms with Gasteiger partial charge in [-0.25, -0.2) is 4.72 Å². The Bertz CT molecular complexity index is 570. The van der Waals surface area contributed by atoms with Gasteiger partial charge in [0.1, 0.15) is 0 Å². The van der Waals surface area contributed by atoms with E-state index in [1.165, 1.54) is 4.31 Å². The van der Waals surface area contributed by atoms with Gasteiger partial charge in [-0.15, -0.1) is 0 Å². The van der Waals surface area contributed by atoms with Gasteiger partial charge in [-0.1, -0.05) is 30.3 Å². The van der Waals surface area contributed by atoms with Crippen LogP contribution in [0.15, 0.2) is 30.3 Å². The van der Waals surface area contributed by atoms with Gasteiger partial charge in [-0.05, 0) is 45.3 Å². The zero-order chi connectivity index (χ0) is 16.3. The van der Waals surface area contributed by atoms with Gasteiger partial charge in [0.05, 0.1) is 0 Å². The molecule has 1 aromatic rings. The zero-order valence-electron chi connectivity index (χ0n) is 13.9. The van der Waals surface area contributed by atoms with E-state index in [-0.39, 0.29) is 12.1 Å². The van der Waals surface area contributed by atoms with Crippen molar-refractivity contribution in [3.63, 3.8) is 0 Å². The van der Waals surface area contributed by atoms with Crippen molar-refractivity contribution < 1.29 is 8.42 Å². The lowest BCUT2D eigenvalue weighted by Crippen LogP contribution is -2.46. The van der Waals surface area contributed by atoms with Gasteiger partial charge < -0.3 is 4.90 Å². The molecule has 124 valence electrons. The van der Waals surface area contributed by atoms with Crippen LogP contribution in [-0.2, 0) is 10.2 Å². The summed E-state index contributed by atoms with van der Waals surface area (Å²) in [4.78, 5) is 2.03. The van der Waals surface area contributed by atoms with Crippen molar-refractivity contribution in [2.75, 3.05) is 27.7 Å². The van der Waals surface area contributed by atoms with E-state index in [0.717, 1.165) is 18.4 Å². The van der Waals surface area contributed by atoms with Crippen molar-refractivity contribution in [1.82, 2.24) is 13.9 Å². The van der Waals surface area contributed by atoms with Gasteiger partial charge in [0.25, 0.3) is 10.2 Å². The third-order valence-electron chi connectivity index (χ3n) is 4.52. The predicted molar refractivity (Wildman–Crippen MR) is 89.7 cm³/mol. The summed E-state index contributed by atoms with van der Waals surface area (Å²) in [7, 11) is 2.14. The normalized spacial score (nSPS) is 18.6. The highest BCUT2D eigenvalue weighted by atomic mass is 32.2. The maximum Gasteiger partial charge on any atom is 0.279 e. The Hall–Kier alpha value is -0.950. The molecule has 2 rings (SSSR count). The Morgan fingerprint density at radius 2 is 1.77 bits per heavy atom. The number of nitrogens with one attached hydrogen (secondary N) is 1. The predicted octanol–water partition coefficient (Wildman–Crippen LogP) is 1.85. The third-order valence-corrected chi connectivity index (χ3v) is 6.15. The van der Waals surface area contributed by atoms with Crippen LogP contribution in [0.3, 0.4) is 0 Å². The molecule has 1 aliphatic carbocycles. The summed E-state index contributed by atoms with van der Waals surface area (Å²) in [6, 6.07) is 10.0. The van der Waals surface area contributed by atoms with Gasteiger partial charge in [0, 0.05) is 25.7 Å². The lowest BCUT2D eigenvalue weighted by atomic mass is 10.1. The van der Waals surface area contributed by atoms with Gasteiger partial charge >= 0.3 is 0 Å². The van der Waals surface area contributed by atoms with E-state index in [1.807, 2.05) is 56.3 Å². The minimum absolute atomic E-state index is 0.0145. The van der Waals surface area contributed by atoms with Crippen LogP contribution in [0.25, 0.3) is 0 Å². The summed E-state index contributed by atoms with van der Waals surface area (Å²) < 4.78 is 29.2. The van der Waals surface area contributed by atoms with Crippen LogP contribution < -0.4 is 4.72 Å². The Morgan fingerprint density at radius 3 is 2.27 bits per heavy atom. The SMILES string of the molecule is C[C@@H](C1CC1)N(C)S(=O)(=O)NC[C@@H](c1ccccc1)N(C)C. The number of nitrogens with zero attached hydrogens (tertiary/aromatic N) is 2. The van der Waals surface area contributed by atoms with E-state index in [4.69, 9.17) is 0 Å². The second kappa shape index (κ2) is 7.08. The molecular weight excluding hydrogens is 298 g/mol. The minimum Gasteiger partial charge on any atom is -0.301 e. The average molecular weight is 325 g/mol. The third kappa shape index (κ3) is 4.29. The first-order chi connectivity index (χ1) is 10.3. The largest absolute Gasteiger partial charge is 0.301 e. The topological polar surface area (TPSA) is 52.7 Å². The minimum atomic E-state index is -3.44. The zero-order valence-corrected chi connectivity index (χ0v) is 14.7. The average Bonchev–Trinajstić information content (AvgIpc) is 3.31. The molecule has 1 N–H and O–H groups in total. The van der Waals surface area contributed by atoms with Crippen LogP contribution in [0.2, 0.25) is 0 Å². The van der Waals surface area contributed by atoms with Crippen molar-refractivity contribution in [3.8, 4) is 0 Å². The van der Waals surface area contributed by atoms with Crippen molar-refractivity contribution in [1.29, 1.82) is 0 Å². The second-order valence-corrected chi connectivity index (χ2v) is 8.15. The highest BCUT2D eigenvalue weighted by molar-refractivity contribution is 7.87. The number of benzene rings is 1. The maximum absolute atomic E-state index is 12.5. The van der Waals surface area contributed by atoms with Gasteiger partial charge in [0.15, 0.2) is 0 Å². The Kier molecular flexibility index (Phi) is 5.60. The van der Waals surface area contributed by atoms with E-state index >= 15 is 0 Å². The lowest BCUT2D eigenvalue weighted by molar-refractivity contribution is 0.294. The monoisotopic (exact) mass is 325 g/mol. The second-order valence-electron chi connectivity index (χ2n) is 6.34. The summed E-state index contributed by atoms with van der Waals surface area (Å²) in [5.74, 6) is 0.514. The summed E-state index contributed by atoms with van der Waals surface area (Å²) in [6.45, 7) is 2.35. The molecule has 0 spiro atoms. The van der Waals surface area contributed by atoms with E-state index in [1.54, 1.807) is 7.05 Å². The lowest BCUT2D eigenvalue weighted by Gasteiger charge is -2.28. The Morgan fingerprint density at radius 1 is 1.18 bits per heavy atom. The Balaban J connectivity index is 2.02. The summed E-state index contributed by atoms with van der Waals surface area (Å²) in [6.07, 6.45) is 2.26. The first-order valence-corrected chi connectivity index (χ1v) is 9.21. The molecule has 1 aliphatic rings. The van der Waals surface area contributed by atoms with Crippen molar-refractivity contribution in [2.24, 2.45) is 5.92 Å². The molecule has 0 aromatic heterocycles. The molecule has 0 amide bonds. The molecule has 1 saturated carbocycles. The molecule has 0 bridgehead atoms. The molecule has 0 saturated heterocycles. The van der Waals surface area contributed by atoms with Crippen LogP contribution in [-0.4, -0.2) is 51.4 Å². The first kappa shape index (κ1) is 17.4. The summed E-state index contributed by atoms with van der Waals surface area (Å²) in [5, 5.41) is 0. The molecule has 5 nitrogen and oxygen atoms in total. The summed E-state index contributed by atoms with van der Waals surface area (Å²) >= 11 is 0. The van der Waals surface area contributed by atoms with E-state index in [0.29, 0.717) is 12.5 Å². The van der Waals surface area contributed by atoms with Crippen LogP contribution in [0.5, 0.6) is 0 Å². The maximum atomic E-state index is 12.5. The van der Waals surface area contributed by atoms with Crippen molar-refractivity contribution in [3.05, 3.63) is 35.9 Å². The van der Waals surface area contributed by atoms with Crippen LogP contribution in [0, 0.1) is 5.92 Å². The van der Waals surface area contributed by atoms with Crippen molar-refractivity contribution >= 4 is 10.2 Å². The molecule has 1 fully saturated rings. The quantitative estimate of drug-likeness (QED) is 0.794. The first-order valence-electron chi connectivity index (χ1n) is 7.77. The van der Waals surface area contributed by atoms with Crippen LogP contribution in [0.4, 0.5) is 0 Å². The molecule has 0 aliphatic heterocycles. The van der Waals surface area contributed by atoms with E-state index in [2.05, 4.69) is 4.72 Å². The number of hydrogen-bond donors (Lipinski definition) is 1. The fraction of sp³-hybridized carbons (Fsp3) is 0.625. The molecule has 0 radical (unpaired) electrons.